The molecule has 4 rings (SSSR count). The van der Waals surface area contributed by atoms with Gasteiger partial charge in [-0.2, -0.15) is 13.2 Å². The minimum absolute atomic E-state index is 0.103. The SMILES string of the molecule is COCC1CSc2c(-c3ccc(F)cc3F)c(C(F)(F)F)cc3cnc(=O)n1c23. The van der Waals surface area contributed by atoms with Crippen molar-refractivity contribution in [1.82, 2.24) is 9.55 Å². The normalized spacial score (nSPS) is 16.4. The van der Waals surface area contributed by atoms with E-state index >= 15 is 0 Å². The summed E-state index contributed by atoms with van der Waals surface area (Å²) in [4.78, 5) is 16.2. The van der Waals surface area contributed by atoms with Crippen LogP contribution in [0.4, 0.5) is 22.0 Å². The molecular weight excluding hydrogens is 415 g/mol. The monoisotopic (exact) mass is 428 g/mol. The van der Waals surface area contributed by atoms with Gasteiger partial charge in [-0.3, -0.25) is 4.57 Å². The van der Waals surface area contributed by atoms with E-state index in [0.29, 0.717) is 6.07 Å². The van der Waals surface area contributed by atoms with Crippen molar-refractivity contribution in [2.75, 3.05) is 19.5 Å². The molecular formula is C19H13F5N2O2S. The van der Waals surface area contributed by atoms with Gasteiger partial charge in [0.05, 0.1) is 23.7 Å². The Labute approximate surface area is 165 Å². The molecule has 1 aliphatic heterocycles. The minimum Gasteiger partial charge on any atom is -0.383 e. The highest BCUT2D eigenvalue weighted by molar-refractivity contribution is 7.99. The Balaban J connectivity index is 2.16. The van der Waals surface area contributed by atoms with Crippen LogP contribution in [0.1, 0.15) is 11.6 Å². The molecule has 0 saturated heterocycles. The number of alkyl halides is 3. The lowest BCUT2D eigenvalue weighted by molar-refractivity contribution is -0.137. The van der Waals surface area contributed by atoms with E-state index in [0.717, 1.165) is 36.2 Å². The molecule has 0 aliphatic carbocycles. The first-order chi connectivity index (χ1) is 13.7. The van der Waals surface area contributed by atoms with E-state index in [1.165, 1.54) is 11.7 Å². The Morgan fingerprint density at radius 3 is 2.69 bits per heavy atom. The number of rotatable bonds is 3. The van der Waals surface area contributed by atoms with Gasteiger partial charge in [-0.1, -0.05) is 0 Å². The average molecular weight is 428 g/mol. The number of aromatic nitrogens is 2. The summed E-state index contributed by atoms with van der Waals surface area (Å²) in [6, 6.07) is 2.81. The van der Waals surface area contributed by atoms with Gasteiger partial charge in [-0.05, 0) is 18.2 Å². The molecule has 0 radical (unpaired) electrons. The minimum atomic E-state index is -4.80. The fourth-order valence-corrected chi connectivity index (χ4v) is 4.85. The molecule has 10 heteroatoms. The molecule has 4 nitrogen and oxygen atoms in total. The highest BCUT2D eigenvalue weighted by atomic mass is 32.2. The van der Waals surface area contributed by atoms with Gasteiger partial charge in [0, 0.05) is 46.5 Å². The lowest BCUT2D eigenvalue weighted by Gasteiger charge is -2.29. The summed E-state index contributed by atoms with van der Waals surface area (Å²) in [5.74, 6) is -1.78. The van der Waals surface area contributed by atoms with Crippen molar-refractivity contribution in [1.29, 1.82) is 0 Å². The summed E-state index contributed by atoms with van der Waals surface area (Å²) in [6.45, 7) is 0.161. The Kier molecular flexibility index (Phi) is 4.86. The molecule has 0 N–H and O–H groups in total. The number of benzene rings is 2. The zero-order valence-electron chi connectivity index (χ0n) is 14.9. The highest BCUT2D eigenvalue weighted by Gasteiger charge is 2.38. The second kappa shape index (κ2) is 7.10. The van der Waals surface area contributed by atoms with Crippen molar-refractivity contribution < 1.29 is 26.7 Å². The first kappa shape index (κ1) is 19.8. The zero-order valence-corrected chi connectivity index (χ0v) is 15.7. The molecule has 0 saturated carbocycles. The van der Waals surface area contributed by atoms with Crippen molar-refractivity contribution in [3.8, 4) is 11.1 Å². The molecule has 3 aromatic rings. The smallest absolute Gasteiger partial charge is 0.383 e. The summed E-state index contributed by atoms with van der Waals surface area (Å²) < 4.78 is 75.9. The fraction of sp³-hybridized carbons (Fsp3) is 0.263. The van der Waals surface area contributed by atoms with Gasteiger partial charge >= 0.3 is 11.9 Å². The number of methoxy groups -OCH3 is 1. The maximum absolute atomic E-state index is 14.5. The molecule has 1 aromatic heterocycles. The van der Waals surface area contributed by atoms with E-state index in [-0.39, 0.29) is 33.7 Å². The van der Waals surface area contributed by atoms with E-state index in [1.807, 2.05) is 0 Å². The number of halogens is 5. The first-order valence-corrected chi connectivity index (χ1v) is 9.43. The summed E-state index contributed by atoms with van der Waals surface area (Å²) in [5.41, 5.74) is -2.27. The van der Waals surface area contributed by atoms with Crippen LogP contribution in [0, 0.1) is 11.6 Å². The van der Waals surface area contributed by atoms with Crippen LogP contribution in [0.15, 0.2) is 40.2 Å². The van der Waals surface area contributed by atoms with Gasteiger partial charge in [0.1, 0.15) is 11.6 Å². The Morgan fingerprint density at radius 2 is 2.03 bits per heavy atom. The van der Waals surface area contributed by atoms with Crippen molar-refractivity contribution >= 4 is 22.7 Å². The van der Waals surface area contributed by atoms with Crippen LogP contribution < -0.4 is 5.69 Å². The largest absolute Gasteiger partial charge is 0.417 e. The highest BCUT2D eigenvalue weighted by Crippen LogP contribution is 2.48. The van der Waals surface area contributed by atoms with Crippen LogP contribution in [-0.2, 0) is 10.9 Å². The van der Waals surface area contributed by atoms with Crippen LogP contribution in [0.25, 0.3) is 22.0 Å². The van der Waals surface area contributed by atoms with Crippen molar-refractivity contribution in [2.45, 2.75) is 17.1 Å². The zero-order chi connectivity index (χ0) is 20.9. The summed E-state index contributed by atoms with van der Waals surface area (Å²) in [5, 5.41) is 0.103. The van der Waals surface area contributed by atoms with Crippen molar-refractivity contribution in [3.05, 3.63) is 58.1 Å². The van der Waals surface area contributed by atoms with Gasteiger partial charge in [-0.25, -0.2) is 18.6 Å². The van der Waals surface area contributed by atoms with Gasteiger partial charge in [0.15, 0.2) is 0 Å². The quantitative estimate of drug-likeness (QED) is 0.570. The third-order valence-electron chi connectivity index (χ3n) is 4.70. The van der Waals surface area contributed by atoms with Gasteiger partial charge in [-0.15, -0.1) is 11.8 Å². The summed E-state index contributed by atoms with van der Waals surface area (Å²) in [7, 11) is 1.45. The molecule has 2 aromatic carbocycles. The van der Waals surface area contributed by atoms with E-state index in [2.05, 4.69) is 4.98 Å². The number of hydrogen-bond acceptors (Lipinski definition) is 4. The Hall–Kier alpha value is -2.46. The number of thioether (sulfide) groups is 1. The lowest BCUT2D eigenvalue weighted by Crippen LogP contribution is -2.33. The predicted molar refractivity (Wildman–Crippen MR) is 98.0 cm³/mol. The molecule has 0 amide bonds. The first-order valence-electron chi connectivity index (χ1n) is 8.45. The van der Waals surface area contributed by atoms with Crippen molar-refractivity contribution in [3.63, 3.8) is 0 Å². The topological polar surface area (TPSA) is 44.1 Å². The van der Waals surface area contributed by atoms with Crippen molar-refractivity contribution in [2.24, 2.45) is 0 Å². The molecule has 0 bridgehead atoms. The second-order valence-electron chi connectivity index (χ2n) is 6.52. The molecule has 0 fully saturated rings. The van der Waals surface area contributed by atoms with Crippen LogP contribution in [0.3, 0.4) is 0 Å². The third-order valence-corrected chi connectivity index (χ3v) is 5.93. The lowest BCUT2D eigenvalue weighted by atomic mass is 9.96. The molecule has 1 aliphatic rings. The maximum atomic E-state index is 14.5. The summed E-state index contributed by atoms with van der Waals surface area (Å²) >= 11 is 1.07. The molecule has 152 valence electrons. The van der Waals surface area contributed by atoms with Gasteiger partial charge < -0.3 is 4.74 Å². The molecule has 29 heavy (non-hydrogen) atoms. The molecule has 1 unspecified atom stereocenters. The van der Waals surface area contributed by atoms with E-state index < -0.39 is 40.7 Å². The second-order valence-corrected chi connectivity index (χ2v) is 7.55. The van der Waals surface area contributed by atoms with Gasteiger partial charge in [0.2, 0.25) is 0 Å². The fourth-order valence-electron chi connectivity index (χ4n) is 3.53. The van der Waals surface area contributed by atoms with Gasteiger partial charge in [0.25, 0.3) is 0 Å². The third kappa shape index (κ3) is 3.29. The van der Waals surface area contributed by atoms with Crippen LogP contribution in [0.5, 0.6) is 0 Å². The average Bonchev–Trinajstić information content (AvgIpc) is 2.65. The summed E-state index contributed by atoms with van der Waals surface area (Å²) in [6.07, 6.45) is -3.72. The Bertz CT molecular complexity index is 1180. The maximum Gasteiger partial charge on any atom is 0.417 e. The predicted octanol–water partition coefficient (Wildman–Crippen LogP) is 4.65. The molecule has 2 heterocycles. The van der Waals surface area contributed by atoms with Crippen LogP contribution >= 0.6 is 11.8 Å². The molecule has 1 atom stereocenters. The Morgan fingerprint density at radius 1 is 1.28 bits per heavy atom. The van der Waals surface area contributed by atoms with E-state index in [4.69, 9.17) is 4.74 Å². The van der Waals surface area contributed by atoms with Crippen LogP contribution in [-0.4, -0.2) is 29.0 Å². The van der Waals surface area contributed by atoms with E-state index in [1.54, 1.807) is 0 Å². The standard InChI is InChI=1S/C19H13F5N2O2S/c1-28-7-11-8-29-17-15(12-3-2-10(20)5-14(12)21)13(19(22,23)24)4-9-6-25-18(27)26(11)16(9)17/h2-6,11H,7-8H2,1H3. The van der Waals surface area contributed by atoms with E-state index in [9.17, 15) is 26.7 Å². The van der Waals surface area contributed by atoms with Crippen LogP contribution in [0.2, 0.25) is 0 Å². The number of hydrogen-bond donors (Lipinski definition) is 0. The number of ether oxygens (including phenoxy) is 1. The number of nitrogens with zero attached hydrogens (tertiary/aromatic N) is 2. The molecule has 0 spiro atoms.